The Labute approximate surface area is 154 Å². The van der Waals surface area contributed by atoms with Crippen LogP contribution in [0.2, 0.25) is 0 Å². The second-order valence-corrected chi connectivity index (χ2v) is 7.83. The molecule has 3 heterocycles. The van der Waals surface area contributed by atoms with Gasteiger partial charge < -0.3 is 20.2 Å². The van der Waals surface area contributed by atoms with Gasteiger partial charge in [-0.15, -0.1) is 0 Å². The average molecular weight is 359 g/mol. The van der Waals surface area contributed by atoms with Crippen LogP contribution >= 0.6 is 0 Å². The lowest BCUT2D eigenvalue weighted by Gasteiger charge is -2.24. The van der Waals surface area contributed by atoms with Crippen molar-refractivity contribution < 1.29 is 9.90 Å². The zero-order valence-electron chi connectivity index (χ0n) is 15.3. The first kappa shape index (κ1) is 17.5. The molecule has 0 spiro atoms. The highest BCUT2D eigenvalue weighted by Crippen LogP contribution is 2.29. The number of aromatic nitrogens is 2. The van der Waals surface area contributed by atoms with Crippen molar-refractivity contribution in [2.75, 3.05) is 36.5 Å². The molecule has 0 aromatic carbocycles. The standard InChI is InChI=1S/C19H29N5O2/c25-12-16-6-3-8-24(16)18-10-17(20-13-21-18)22-15-7-9-23(11-15)19(26)14-4-1-2-5-14/h10,13-16,25H,1-9,11-12H2,(H,20,21,22). The summed E-state index contributed by atoms with van der Waals surface area (Å²) in [5.41, 5.74) is 0. The molecule has 26 heavy (non-hydrogen) atoms. The summed E-state index contributed by atoms with van der Waals surface area (Å²) < 4.78 is 0. The van der Waals surface area contributed by atoms with E-state index >= 15 is 0 Å². The largest absolute Gasteiger partial charge is 0.394 e. The number of nitrogens with one attached hydrogen (secondary N) is 1. The lowest BCUT2D eigenvalue weighted by atomic mass is 10.1. The molecule has 2 unspecified atom stereocenters. The molecule has 1 aliphatic carbocycles. The first-order valence-electron chi connectivity index (χ1n) is 9.99. The summed E-state index contributed by atoms with van der Waals surface area (Å²) in [5, 5.41) is 13.0. The highest BCUT2D eigenvalue weighted by molar-refractivity contribution is 5.79. The third-order valence-electron chi connectivity index (χ3n) is 6.09. The van der Waals surface area contributed by atoms with Crippen molar-refractivity contribution >= 4 is 17.5 Å². The predicted octanol–water partition coefficient (Wildman–Crippen LogP) is 1.64. The van der Waals surface area contributed by atoms with Gasteiger partial charge in [0.15, 0.2) is 0 Å². The third kappa shape index (κ3) is 3.63. The molecule has 3 fully saturated rings. The van der Waals surface area contributed by atoms with Crippen molar-refractivity contribution in [3.63, 3.8) is 0 Å². The fraction of sp³-hybridized carbons (Fsp3) is 0.737. The number of hydrogen-bond acceptors (Lipinski definition) is 6. The van der Waals surface area contributed by atoms with Crippen LogP contribution in [-0.4, -0.2) is 64.2 Å². The summed E-state index contributed by atoms with van der Waals surface area (Å²) in [6.07, 6.45) is 9.14. The molecule has 0 bridgehead atoms. The van der Waals surface area contributed by atoms with Crippen LogP contribution < -0.4 is 10.2 Å². The number of aliphatic hydroxyl groups is 1. The number of carbonyl (C=O) groups excluding carboxylic acids is 1. The smallest absolute Gasteiger partial charge is 0.225 e. The minimum atomic E-state index is 0.156. The van der Waals surface area contributed by atoms with Gasteiger partial charge in [-0.3, -0.25) is 4.79 Å². The number of hydrogen-bond donors (Lipinski definition) is 2. The van der Waals surface area contributed by atoms with Crippen LogP contribution in [-0.2, 0) is 4.79 Å². The molecule has 142 valence electrons. The first-order chi connectivity index (χ1) is 12.7. The SMILES string of the molecule is O=C(C1CCCC1)N1CCC(Nc2cc(N3CCCC3CO)ncn2)C1. The number of rotatable bonds is 5. The van der Waals surface area contributed by atoms with Gasteiger partial charge in [-0.1, -0.05) is 12.8 Å². The summed E-state index contributed by atoms with van der Waals surface area (Å²) in [6, 6.07) is 2.37. The zero-order valence-corrected chi connectivity index (χ0v) is 15.3. The molecule has 2 aliphatic heterocycles. The molecule has 2 saturated heterocycles. The van der Waals surface area contributed by atoms with Crippen molar-refractivity contribution in [2.24, 2.45) is 5.92 Å². The van der Waals surface area contributed by atoms with E-state index in [1.165, 1.54) is 12.8 Å². The van der Waals surface area contributed by atoms with Gasteiger partial charge in [-0.2, -0.15) is 0 Å². The lowest BCUT2D eigenvalue weighted by Crippen LogP contribution is -2.35. The zero-order chi connectivity index (χ0) is 17.9. The van der Waals surface area contributed by atoms with Gasteiger partial charge in [0, 0.05) is 37.7 Å². The molecular weight excluding hydrogens is 330 g/mol. The first-order valence-corrected chi connectivity index (χ1v) is 9.99. The van der Waals surface area contributed by atoms with E-state index < -0.39 is 0 Å². The third-order valence-corrected chi connectivity index (χ3v) is 6.09. The Morgan fingerprint density at radius 2 is 2.00 bits per heavy atom. The lowest BCUT2D eigenvalue weighted by molar-refractivity contribution is -0.134. The molecule has 7 nitrogen and oxygen atoms in total. The number of carbonyl (C=O) groups is 1. The van der Waals surface area contributed by atoms with Crippen molar-refractivity contribution in [1.29, 1.82) is 0 Å². The van der Waals surface area contributed by atoms with Crippen molar-refractivity contribution in [2.45, 2.75) is 57.0 Å². The molecule has 1 aromatic rings. The van der Waals surface area contributed by atoms with Crippen LogP contribution in [0.5, 0.6) is 0 Å². The van der Waals surface area contributed by atoms with E-state index in [2.05, 4.69) is 20.2 Å². The van der Waals surface area contributed by atoms with Crippen LogP contribution in [0.15, 0.2) is 12.4 Å². The van der Waals surface area contributed by atoms with E-state index in [9.17, 15) is 9.90 Å². The van der Waals surface area contributed by atoms with Crippen LogP contribution in [0, 0.1) is 5.92 Å². The van der Waals surface area contributed by atoms with Gasteiger partial charge in [0.2, 0.25) is 5.91 Å². The summed E-state index contributed by atoms with van der Waals surface area (Å²) >= 11 is 0. The Morgan fingerprint density at radius 3 is 2.81 bits per heavy atom. The average Bonchev–Trinajstić information content (AvgIpc) is 3.42. The molecule has 0 radical (unpaired) electrons. The highest BCUT2D eigenvalue weighted by atomic mass is 16.3. The normalized spacial score (nSPS) is 26.7. The van der Waals surface area contributed by atoms with Crippen molar-refractivity contribution in [3.8, 4) is 0 Å². The number of aliphatic hydroxyl groups excluding tert-OH is 1. The molecule has 7 heteroatoms. The number of amides is 1. The minimum Gasteiger partial charge on any atom is -0.394 e. The second-order valence-electron chi connectivity index (χ2n) is 7.83. The van der Waals surface area contributed by atoms with Gasteiger partial charge in [-0.05, 0) is 32.1 Å². The van der Waals surface area contributed by atoms with Crippen LogP contribution in [0.3, 0.4) is 0 Å². The Balaban J connectivity index is 1.36. The Bertz CT molecular complexity index is 634. The van der Waals surface area contributed by atoms with E-state index in [0.29, 0.717) is 5.91 Å². The number of nitrogens with zero attached hydrogens (tertiary/aromatic N) is 4. The van der Waals surface area contributed by atoms with Crippen molar-refractivity contribution in [1.82, 2.24) is 14.9 Å². The van der Waals surface area contributed by atoms with Gasteiger partial charge in [-0.25, -0.2) is 9.97 Å². The molecule has 1 amide bonds. The predicted molar refractivity (Wildman–Crippen MR) is 100 cm³/mol. The quantitative estimate of drug-likeness (QED) is 0.832. The maximum Gasteiger partial charge on any atom is 0.225 e. The Kier molecular flexibility index (Phi) is 5.24. The van der Waals surface area contributed by atoms with Crippen molar-refractivity contribution in [3.05, 3.63) is 12.4 Å². The topological polar surface area (TPSA) is 81.6 Å². The van der Waals surface area contributed by atoms with E-state index in [0.717, 1.165) is 63.4 Å². The summed E-state index contributed by atoms with van der Waals surface area (Å²) in [4.78, 5) is 25.5. The maximum absolute atomic E-state index is 12.6. The second kappa shape index (κ2) is 7.78. The Hall–Kier alpha value is -1.89. The maximum atomic E-state index is 12.6. The molecule has 4 rings (SSSR count). The van der Waals surface area contributed by atoms with E-state index in [1.807, 2.05) is 11.0 Å². The number of anilines is 2. The van der Waals surface area contributed by atoms with Gasteiger partial charge in [0.1, 0.15) is 18.0 Å². The number of likely N-dealkylation sites (tertiary alicyclic amines) is 1. The Morgan fingerprint density at radius 1 is 1.15 bits per heavy atom. The summed E-state index contributed by atoms with van der Waals surface area (Å²) in [6.45, 7) is 2.68. The minimum absolute atomic E-state index is 0.156. The van der Waals surface area contributed by atoms with E-state index in [-0.39, 0.29) is 24.6 Å². The van der Waals surface area contributed by atoms with Gasteiger partial charge in [0.05, 0.1) is 12.6 Å². The van der Waals surface area contributed by atoms with Gasteiger partial charge >= 0.3 is 0 Å². The van der Waals surface area contributed by atoms with Crippen LogP contribution in [0.25, 0.3) is 0 Å². The fourth-order valence-corrected chi connectivity index (χ4v) is 4.63. The van der Waals surface area contributed by atoms with E-state index in [4.69, 9.17) is 0 Å². The molecule has 3 aliphatic rings. The molecule has 2 N–H and O–H groups in total. The monoisotopic (exact) mass is 359 g/mol. The highest BCUT2D eigenvalue weighted by Gasteiger charge is 2.32. The molecule has 2 atom stereocenters. The van der Waals surface area contributed by atoms with Crippen LogP contribution in [0.4, 0.5) is 11.6 Å². The molecular formula is C19H29N5O2. The summed E-state index contributed by atoms with van der Waals surface area (Å²) in [5.74, 6) is 2.28. The fourth-order valence-electron chi connectivity index (χ4n) is 4.63. The molecule has 1 aromatic heterocycles. The van der Waals surface area contributed by atoms with Crippen LogP contribution in [0.1, 0.15) is 44.9 Å². The van der Waals surface area contributed by atoms with Gasteiger partial charge in [0.25, 0.3) is 0 Å². The van der Waals surface area contributed by atoms with E-state index in [1.54, 1.807) is 6.33 Å². The molecule has 1 saturated carbocycles. The summed E-state index contributed by atoms with van der Waals surface area (Å²) in [7, 11) is 0.